The zero-order valence-electron chi connectivity index (χ0n) is 12.7. The van der Waals surface area contributed by atoms with E-state index in [0.29, 0.717) is 11.0 Å². The van der Waals surface area contributed by atoms with E-state index in [-0.39, 0.29) is 17.8 Å². The summed E-state index contributed by atoms with van der Waals surface area (Å²) < 4.78 is 19.5. The molecule has 1 aliphatic rings. The molecule has 116 valence electrons. The van der Waals surface area contributed by atoms with Crippen LogP contribution in [0.3, 0.4) is 0 Å². The van der Waals surface area contributed by atoms with Gasteiger partial charge in [-0.1, -0.05) is 12.1 Å². The Hall–Kier alpha value is -0.940. The van der Waals surface area contributed by atoms with E-state index in [0.717, 1.165) is 24.9 Å². The second-order valence-electron chi connectivity index (χ2n) is 6.37. The number of rotatable bonds is 3. The SMILES string of the molecule is CC(C)(C)OC(=O)[C@H]1CCCN1Cc1cccc(F)c1Br. The maximum atomic E-state index is 13.6. The Morgan fingerprint density at radius 3 is 2.86 bits per heavy atom. The van der Waals surface area contributed by atoms with Crippen molar-refractivity contribution in [1.82, 2.24) is 4.90 Å². The first-order valence-corrected chi connectivity index (χ1v) is 7.97. The number of nitrogens with zero attached hydrogens (tertiary/aromatic N) is 1. The van der Waals surface area contributed by atoms with Crippen molar-refractivity contribution in [3.05, 3.63) is 34.1 Å². The van der Waals surface area contributed by atoms with Crippen LogP contribution in [0.25, 0.3) is 0 Å². The molecule has 0 aromatic heterocycles. The lowest BCUT2D eigenvalue weighted by atomic mass is 10.1. The van der Waals surface area contributed by atoms with Gasteiger partial charge in [0.05, 0.1) is 4.47 Å². The lowest BCUT2D eigenvalue weighted by molar-refractivity contribution is -0.160. The molecule has 21 heavy (non-hydrogen) atoms. The minimum Gasteiger partial charge on any atom is -0.459 e. The highest BCUT2D eigenvalue weighted by molar-refractivity contribution is 9.10. The molecule has 1 heterocycles. The summed E-state index contributed by atoms with van der Waals surface area (Å²) in [6, 6.07) is 4.74. The summed E-state index contributed by atoms with van der Waals surface area (Å²) >= 11 is 3.28. The van der Waals surface area contributed by atoms with E-state index < -0.39 is 5.60 Å². The summed E-state index contributed by atoms with van der Waals surface area (Å²) in [7, 11) is 0. The topological polar surface area (TPSA) is 29.5 Å². The standard InChI is InChI=1S/C16H21BrFNO2/c1-16(2,3)21-15(20)13-8-5-9-19(13)10-11-6-4-7-12(18)14(11)17/h4,6-7,13H,5,8-10H2,1-3H3/t13-/m1/s1. The first kappa shape index (κ1) is 16.4. The summed E-state index contributed by atoms with van der Waals surface area (Å²) in [6.07, 6.45) is 1.75. The van der Waals surface area contributed by atoms with Crippen LogP contribution in [0.2, 0.25) is 0 Å². The summed E-state index contributed by atoms with van der Waals surface area (Å²) in [5.41, 5.74) is 0.371. The second kappa shape index (κ2) is 6.44. The van der Waals surface area contributed by atoms with Crippen LogP contribution in [0.1, 0.15) is 39.2 Å². The molecular formula is C16H21BrFNO2. The van der Waals surface area contributed by atoms with Gasteiger partial charge in [0.15, 0.2) is 0 Å². The van der Waals surface area contributed by atoms with E-state index >= 15 is 0 Å². The van der Waals surface area contributed by atoms with Crippen molar-refractivity contribution in [1.29, 1.82) is 0 Å². The number of halogens is 2. The predicted octanol–water partition coefficient (Wildman–Crippen LogP) is 3.89. The Morgan fingerprint density at radius 1 is 1.48 bits per heavy atom. The largest absolute Gasteiger partial charge is 0.459 e. The van der Waals surface area contributed by atoms with Crippen LogP contribution in [-0.2, 0) is 16.1 Å². The highest BCUT2D eigenvalue weighted by Crippen LogP contribution is 2.27. The third-order valence-corrected chi connectivity index (χ3v) is 4.34. The molecule has 1 fully saturated rings. The van der Waals surface area contributed by atoms with Gasteiger partial charge in [-0.25, -0.2) is 4.39 Å². The van der Waals surface area contributed by atoms with Crippen LogP contribution in [0, 0.1) is 5.82 Å². The first-order chi connectivity index (χ1) is 9.78. The third-order valence-electron chi connectivity index (χ3n) is 3.45. The Kier molecular flexibility index (Phi) is 5.04. The van der Waals surface area contributed by atoms with Crippen molar-refractivity contribution < 1.29 is 13.9 Å². The normalized spacial score (nSPS) is 19.8. The van der Waals surface area contributed by atoms with E-state index in [4.69, 9.17) is 4.74 Å². The van der Waals surface area contributed by atoms with Gasteiger partial charge in [-0.2, -0.15) is 0 Å². The molecule has 0 aliphatic carbocycles. The zero-order valence-corrected chi connectivity index (χ0v) is 14.2. The van der Waals surface area contributed by atoms with Crippen LogP contribution in [0.5, 0.6) is 0 Å². The van der Waals surface area contributed by atoms with Crippen molar-refractivity contribution in [2.45, 2.75) is 51.8 Å². The molecule has 1 atom stereocenters. The molecule has 0 spiro atoms. The lowest BCUT2D eigenvalue weighted by Gasteiger charge is -2.27. The third kappa shape index (κ3) is 4.27. The lowest BCUT2D eigenvalue weighted by Crippen LogP contribution is -2.40. The predicted molar refractivity (Wildman–Crippen MR) is 83.4 cm³/mol. The van der Waals surface area contributed by atoms with Crippen molar-refractivity contribution in [3.8, 4) is 0 Å². The van der Waals surface area contributed by atoms with E-state index in [2.05, 4.69) is 20.8 Å². The maximum Gasteiger partial charge on any atom is 0.323 e. The highest BCUT2D eigenvalue weighted by atomic mass is 79.9. The van der Waals surface area contributed by atoms with Crippen LogP contribution >= 0.6 is 15.9 Å². The highest BCUT2D eigenvalue weighted by Gasteiger charge is 2.34. The molecule has 0 unspecified atom stereocenters. The molecular weight excluding hydrogens is 337 g/mol. The quantitative estimate of drug-likeness (QED) is 0.768. The van der Waals surface area contributed by atoms with Gasteiger partial charge in [0.1, 0.15) is 17.5 Å². The second-order valence-corrected chi connectivity index (χ2v) is 7.17. The molecule has 1 saturated heterocycles. The summed E-state index contributed by atoms with van der Waals surface area (Å²) in [6.45, 7) is 6.98. The Bertz CT molecular complexity index is 527. The monoisotopic (exact) mass is 357 g/mol. The summed E-state index contributed by atoms with van der Waals surface area (Å²) in [5, 5.41) is 0. The van der Waals surface area contributed by atoms with Gasteiger partial charge in [-0.05, 0) is 67.7 Å². The first-order valence-electron chi connectivity index (χ1n) is 7.18. The maximum absolute atomic E-state index is 13.6. The van der Waals surface area contributed by atoms with Crippen molar-refractivity contribution in [2.75, 3.05) is 6.54 Å². The number of carbonyl (C=O) groups is 1. The molecule has 5 heteroatoms. The van der Waals surface area contributed by atoms with E-state index in [1.54, 1.807) is 6.07 Å². The fourth-order valence-corrected chi connectivity index (χ4v) is 2.93. The van der Waals surface area contributed by atoms with Gasteiger partial charge in [0.25, 0.3) is 0 Å². The van der Waals surface area contributed by atoms with Crippen LogP contribution in [0.4, 0.5) is 4.39 Å². The van der Waals surface area contributed by atoms with Gasteiger partial charge in [-0.15, -0.1) is 0 Å². The number of benzene rings is 1. The molecule has 1 aromatic carbocycles. The van der Waals surface area contributed by atoms with E-state index in [9.17, 15) is 9.18 Å². The van der Waals surface area contributed by atoms with Crippen LogP contribution in [0.15, 0.2) is 22.7 Å². The summed E-state index contributed by atoms with van der Waals surface area (Å²) in [5.74, 6) is -0.465. The molecule has 1 aromatic rings. The average Bonchev–Trinajstić information content (AvgIpc) is 2.81. The molecule has 1 aliphatic heterocycles. The molecule has 0 N–H and O–H groups in total. The van der Waals surface area contributed by atoms with Crippen LogP contribution in [-0.4, -0.2) is 29.1 Å². The minimum absolute atomic E-state index is 0.187. The number of ether oxygens (including phenoxy) is 1. The van der Waals surface area contributed by atoms with Gasteiger partial charge in [0.2, 0.25) is 0 Å². The number of carbonyl (C=O) groups excluding carboxylic acids is 1. The zero-order chi connectivity index (χ0) is 15.6. The van der Waals surface area contributed by atoms with E-state index in [1.807, 2.05) is 26.8 Å². The number of likely N-dealkylation sites (tertiary alicyclic amines) is 1. The Balaban J connectivity index is 2.09. The Labute approximate surface area is 133 Å². The number of hydrogen-bond donors (Lipinski definition) is 0. The smallest absolute Gasteiger partial charge is 0.323 e. The molecule has 3 nitrogen and oxygen atoms in total. The van der Waals surface area contributed by atoms with Crippen LogP contribution < -0.4 is 0 Å². The number of hydrogen-bond acceptors (Lipinski definition) is 3. The van der Waals surface area contributed by atoms with Crippen molar-refractivity contribution >= 4 is 21.9 Å². The minimum atomic E-state index is -0.481. The molecule has 0 radical (unpaired) electrons. The van der Waals surface area contributed by atoms with Crippen molar-refractivity contribution in [2.24, 2.45) is 0 Å². The van der Waals surface area contributed by atoms with Gasteiger partial charge >= 0.3 is 5.97 Å². The molecule has 2 rings (SSSR count). The van der Waals surface area contributed by atoms with E-state index in [1.165, 1.54) is 6.07 Å². The molecule has 0 saturated carbocycles. The molecule has 0 bridgehead atoms. The summed E-state index contributed by atoms with van der Waals surface area (Å²) in [4.78, 5) is 14.3. The molecule has 0 amide bonds. The Morgan fingerprint density at radius 2 is 2.19 bits per heavy atom. The van der Waals surface area contributed by atoms with Gasteiger partial charge in [-0.3, -0.25) is 9.69 Å². The average molecular weight is 358 g/mol. The fourth-order valence-electron chi connectivity index (χ4n) is 2.54. The van der Waals surface area contributed by atoms with Crippen molar-refractivity contribution in [3.63, 3.8) is 0 Å². The van der Waals surface area contributed by atoms with Gasteiger partial charge < -0.3 is 4.74 Å². The number of esters is 1. The van der Waals surface area contributed by atoms with Gasteiger partial charge in [0, 0.05) is 6.54 Å². The fraction of sp³-hybridized carbons (Fsp3) is 0.562.